The third kappa shape index (κ3) is 2.59. The zero-order valence-corrected chi connectivity index (χ0v) is 10.1. The molecule has 0 unspecified atom stereocenters. The Morgan fingerprint density at radius 3 is 3.06 bits per heavy atom. The fraction of sp³-hybridized carbons (Fsp3) is 0.182. The van der Waals surface area contributed by atoms with Gasteiger partial charge in [0.05, 0.1) is 0 Å². The average molecular weight is 248 g/mol. The maximum atomic E-state index is 11.6. The molecule has 0 aliphatic heterocycles. The van der Waals surface area contributed by atoms with Crippen LogP contribution in [0.5, 0.6) is 0 Å². The Morgan fingerprint density at radius 1 is 1.53 bits per heavy atom. The fourth-order valence-corrected chi connectivity index (χ4v) is 1.86. The molecule has 6 heteroatoms. The molecule has 1 amide bonds. The lowest BCUT2D eigenvalue weighted by Gasteiger charge is -2.08. The van der Waals surface area contributed by atoms with Crippen molar-refractivity contribution >= 4 is 23.1 Å². The van der Waals surface area contributed by atoms with E-state index in [0.717, 1.165) is 28.3 Å². The summed E-state index contributed by atoms with van der Waals surface area (Å²) in [6, 6.07) is 5.64. The monoisotopic (exact) mass is 248 g/mol. The second-order valence-corrected chi connectivity index (χ2v) is 4.21. The van der Waals surface area contributed by atoms with Gasteiger partial charge in [-0.15, -0.1) is 5.10 Å². The Labute approximate surface area is 103 Å². The van der Waals surface area contributed by atoms with E-state index in [0.29, 0.717) is 12.2 Å². The highest BCUT2D eigenvalue weighted by Gasteiger charge is 2.09. The highest BCUT2D eigenvalue weighted by atomic mass is 32.1. The van der Waals surface area contributed by atoms with E-state index < -0.39 is 0 Å². The van der Waals surface area contributed by atoms with Crippen LogP contribution >= 0.6 is 11.5 Å². The molecular formula is C11H12N4OS. The average Bonchev–Trinajstić information content (AvgIpc) is 2.84. The summed E-state index contributed by atoms with van der Waals surface area (Å²) in [6.45, 7) is 2.37. The summed E-state index contributed by atoms with van der Waals surface area (Å²) >= 11 is 1.15. The van der Waals surface area contributed by atoms with Crippen molar-refractivity contribution in [2.75, 3.05) is 5.73 Å². The van der Waals surface area contributed by atoms with Crippen molar-refractivity contribution in [1.29, 1.82) is 0 Å². The smallest absolute Gasteiger partial charge is 0.273 e. The Balaban J connectivity index is 2.03. The normalized spacial score (nSPS) is 10.2. The molecule has 0 aliphatic carbocycles. The fourth-order valence-electron chi connectivity index (χ4n) is 1.42. The lowest BCUT2D eigenvalue weighted by Crippen LogP contribution is -2.23. The van der Waals surface area contributed by atoms with E-state index in [-0.39, 0.29) is 5.91 Å². The molecule has 0 bridgehead atoms. The van der Waals surface area contributed by atoms with Gasteiger partial charge < -0.3 is 11.1 Å². The molecule has 1 aromatic carbocycles. The van der Waals surface area contributed by atoms with Crippen LogP contribution in [-0.4, -0.2) is 15.5 Å². The maximum Gasteiger partial charge on any atom is 0.273 e. The number of aromatic nitrogens is 2. The number of nitrogen functional groups attached to an aromatic ring is 1. The Bertz CT molecular complexity index is 524. The highest BCUT2D eigenvalue weighted by Crippen LogP contribution is 2.15. The molecular weight excluding hydrogens is 236 g/mol. The molecule has 1 heterocycles. The van der Waals surface area contributed by atoms with Gasteiger partial charge in [-0.1, -0.05) is 16.6 Å². The third-order valence-electron chi connectivity index (χ3n) is 2.52. The van der Waals surface area contributed by atoms with Crippen molar-refractivity contribution < 1.29 is 4.79 Å². The van der Waals surface area contributed by atoms with Gasteiger partial charge in [-0.2, -0.15) is 0 Å². The van der Waals surface area contributed by atoms with Crippen molar-refractivity contribution in [2.45, 2.75) is 13.5 Å². The van der Waals surface area contributed by atoms with Crippen LogP contribution in [0.1, 0.15) is 21.6 Å². The zero-order chi connectivity index (χ0) is 12.3. The lowest BCUT2D eigenvalue weighted by atomic mass is 10.1. The number of nitrogens with one attached hydrogen (secondary N) is 1. The van der Waals surface area contributed by atoms with Crippen molar-refractivity contribution in [2.24, 2.45) is 0 Å². The van der Waals surface area contributed by atoms with Gasteiger partial charge in [0.1, 0.15) is 0 Å². The van der Waals surface area contributed by atoms with Crippen molar-refractivity contribution in [3.63, 3.8) is 0 Å². The van der Waals surface area contributed by atoms with Crippen molar-refractivity contribution in [3.8, 4) is 0 Å². The summed E-state index contributed by atoms with van der Waals surface area (Å²) in [5.41, 5.74) is 8.85. The minimum atomic E-state index is -0.222. The van der Waals surface area contributed by atoms with Gasteiger partial charge in [-0.25, -0.2) is 0 Å². The standard InChI is InChI=1S/C11H12N4OS/c1-7-8(3-2-4-9(7)12)5-13-11(16)10-6-17-15-14-10/h2-4,6H,5,12H2,1H3,(H,13,16). The molecule has 0 fully saturated rings. The van der Waals surface area contributed by atoms with Crippen LogP contribution in [0.2, 0.25) is 0 Å². The molecule has 17 heavy (non-hydrogen) atoms. The second kappa shape index (κ2) is 4.92. The quantitative estimate of drug-likeness (QED) is 0.804. The van der Waals surface area contributed by atoms with Crippen LogP contribution in [0.15, 0.2) is 23.6 Å². The molecule has 88 valence electrons. The molecule has 1 aromatic heterocycles. The molecule has 0 atom stereocenters. The van der Waals surface area contributed by atoms with Gasteiger partial charge in [-0.3, -0.25) is 4.79 Å². The number of hydrogen-bond acceptors (Lipinski definition) is 5. The number of anilines is 1. The topological polar surface area (TPSA) is 80.9 Å². The van der Waals surface area contributed by atoms with E-state index in [1.165, 1.54) is 0 Å². The summed E-state index contributed by atoms with van der Waals surface area (Å²) in [5, 5.41) is 8.09. The van der Waals surface area contributed by atoms with E-state index in [4.69, 9.17) is 5.73 Å². The van der Waals surface area contributed by atoms with E-state index in [1.54, 1.807) is 5.38 Å². The summed E-state index contributed by atoms with van der Waals surface area (Å²) in [4.78, 5) is 11.6. The molecule has 0 saturated carbocycles. The third-order valence-corrected chi connectivity index (χ3v) is 3.02. The molecule has 0 spiro atoms. The number of amides is 1. The first-order valence-corrected chi connectivity index (χ1v) is 5.91. The second-order valence-electron chi connectivity index (χ2n) is 3.60. The number of nitrogens with zero attached hydrogens (tertiary/aromatic N) is 2. The zero-order valence-electron chi connectivity index (χ0n) is 9.30. The Morgan fingerprint density at radius 2 is 2.35 bits per heavy atom. The number of nitrogens with two attached hydrogens (primary N) is 1. The molecule has 0 radical (unpaired) electrons. The summed E-state index contributed by atoms with van der Waals surface area (Å²) in [7, 11) is 0. The predicted molar refractivity (Wildman–Crippen MR) is 66.7 cm³/mol. The van der Waals surface area contributed by atoms with Gasteiger partial charge in [0.25, 0.3) is 5.91 Å². The van der Waals surface area contributed by atoms with Gasteiger partial charge in [-0.05, 0) is 35.6 Å². The van der Waals surface area contributed by atoms with Crippen LogP contribution in [-0.2, 0) is 6.54 Å². The Hall–Kier alpha value is -1.95. The van der Waals surface area contributed by atoms with Crippen LogP contribution in [0.4, 0.5) is 5.69 Å². The first-order chi connectivity index (χ1) is 8.18. The van der Waals surface area contributed by atoms with E-state index in [9.17, 15) is 4.79 Å². The molecule has 2 aromatic rings. The van der Waals surface area contributed by atoms with Gasteiger partial charge in [0, 0.05) is 17.6 Å². The minimum Gasteiger partial charge on any atom is -0.399 e. The van der Waals surface area contributed by atoms with Crippen LogP contribution in [0.3, 0.4) is 0 Å². The SMILES string of the molecule is Cc1c(N)cccc1CNC(=O)c1csnn1. The molecule has 3 N–H and O–H groups in total. The minimum absolute atomic E-state index is 0.222. The van der Waals surface area contributed by atoms with E-state index in [1.807, 2.05) is 25.1 Å². The number of carbonyl (C=O) groups is 1. The number of carbonyl (C=O) groups excluding carboxylic acids is 1. The summed E-state index contributed by atoms with van der Waals surface area (Å²) in [6.07, 6.45) is 0. The van der Waals surface area contributed by atoms with Crippen LogP contribution < -0.4 is 11.1 Å². The van der Waals surface area contributed by atoms with Crippen LogP contribution in [0.25, 0.3) is 0 Å². The van der Waals surface area contributed by atoms with E-state index in [2.05, 4.69) is 14.9 Å². The summed E-state index contributed by atoms with van der Waals surface area (Å²) < 4.78 is 3.64. The van der Waals surface area contributed by atoms with Crippen LogP contribution in [0, 0.1) is 6.92 Å². The molecule has 2 rings (SSSR count). The summed E-state index contributed by atoms with van der Waals surface area (Å²) in [5.74, 6) is -0.222. The largest absolute Gasteiger partial charge is 0.399 e. The van der Waals surface area contributed by atoms with E-state index >= 15 is 0 Å². The number of hydrogen-bond donors (Lipinski definition) is 2. The molecule has 0 saturated heterocycles. The first-order valence-electron chi connectivity index (χ1n) is 5.07. The van der Waals surface area contributed by atoms with Crippen molar-refractivity contribution in [3.05, 3.63) is 40.4 Å². The Kier molecular flexibility index (Phi) is 3.34. The number of benzene rings is 1. The molecule has 0 aliphatic rings. The maximum absolute atomic E-state index is 11.6. The lowest BCUT2D eigenvalue weighted by molar-refractivity contribution is 0.0946. The van der Waals surface area contributed by atoms with Gasteiger partial charge >= 0.3 is 0 Å². The predicted octanol–water partition coefficient (Wildman–Crippen LogP) is 1.36. The van der Waals surface area contributed by atoms with Gasteiger partial charge in [0.15, 0.2) is 5.69 Å². The number of rotatable bonds is 3. The van der Waals surface area contributed by atoms with Gasteiger partial charge in [0.2, 0.25) is 0 Å². The molecule has 5 nitrogen and oxygen atoms in total. The van der Waals surface area contributed by atoms with Crippen molar-refractivity contribution in [1.82, 2.24) is 14.9 Å². The first kappa shape index (κ1) is 11.5. The highest BCUT2D eigenvalue weighted by molar-refractivity contribution is 7.03.